The molecule has 1 saturated carbocycles. The summed E-state index contributed by atoms with van der Waals surface area (Å²) in [4.78, 5) is 23.1. The van der Waals surface area contributed by atoms with Crippen molar-refractivity contribution in [2.45, 2.75) is 38.3 Å². The second kappa shape index (κ2) is 10.0. The molecular weight excluding hydrogens is 587 g/mol. The van der Waals surface area contributed by atoms with Crippen LogP contribution in [-0.2, 0) is 25.4 Å². The fraction of sp³-hybridized carbons (Fsp3) is 0.312. The van der Waals surface area contributed by atoms with Gasteiger partial charge in [0.1, 0.15) is 17.0 Å². The van der Waals surface area contributed by atoms with E-state index in [1.54, 1.807) is 23.1 Å². The Kier molecular flexibility index (Phi) is 6.18. The van der Waals surface area contributed by atoms with Crippen LogP contribution < -0.4 is 9.47 Å². The highest BCUT2D eigenvalue weighted by molar-refractivity contribution is 6.30. The molecule has 5 aromatic rings. The largest absolute Gasteiger partial charge is 0.478 e. The number of aromatic nitrogens is 5. The molecule has 0 spiro atoms. The van der Waals surface area contributed by atoms with Gasteiger partial charge in [-0.25, -0.2) is 14.2 Å². The van der Waals surface area contributed by atoms with Gasteiger partial charge in [0.25, 0.3) is 5.79 Å². The number of aromatic carboxylic acids is 1. The van der Waals surface area contributed by atoms with Gasteiger partial charge < -0.3 is 19.1 Å². The fourth-order valence-electron chi connectivity index (χ4n) is 6.92. The zero-order valence-electron chi connectivity index (χ0n) is 23.7. The molecule has 3 aliphatic rings. The van der Waals surface area contributed by atoms with Gasteiger partial charge in [0.05, 0.1) is 29.2 Å². The van der Waals surface area contributed by atoms with E-state index in [-0.39, 0.29) is 11.1 Å². The van der Waals surface area contributed by atoms with Crippen LogP contribution in [0.25, 0.3) is 11.0 Å². The summed E-state index contributed by atoms with van der Waals surface area (Å²) in [5.41, 5.74) is 2.35. The fourth-order valence-corrected chi connectivity index (χ4v) is 7.03. The molecule has 0 amide bonds. The number of imidazole rings is 1. The summed E-state index contributed by atoms with van der Waals surface area (Å²) in [6.07, 6.45) is 5.15. The molecule has 3 aromatic heterocycles. The maximum atomic E-state index is 15.0. The third-order valence-corrected chi connectivity index (χ3v) is 9.27. The number of rotatable bonds is 8. The predicted molar refractivity (Wildman–Crippen MR) is 158 cm³/mol. The maximum absolute atomic E-state index is 15.0. The Hall–Kier alpha value is -4.48. The van der Waals surface area contributed by atoms with E-state index in [1.165, 1.54) is 6.07 Å². The molecular formula is C32H28ClFN6O4. The lowest BCUT2D eigenvalue weighted by molar-refractivity contribution is -0.0721. The SMILES string of the molecule is C[C@@]1(c2ccc(Cl)cn2)Oc2cccc([C@H]3[C@@H]4CN(Cc5nc6c(F)cc(C(=O)O)cc6n5CCn5cccn5)C[C@@H]43)c2O1. The molecule has 4 atom stereocenters. The van der Waals surface area contributed by atoms with Crippen molar-refractivity contribution < 1.29 is 23.8 Å². The maximum Gasteiger partial charge on any atom is 0.335 e. The number of ether oxygens (including phenoxy) is 2. The molecule has 10 nitrogen and oxygen atoms in total. The highest BCUT2D eigenvalue weighted by Crippen LogP contribution is 2.62. The molecule has 1 saturated heterocycles. The van der Waals surface area contributed by atoms with Crippen LogP contribution in [0.4, 0.5) is 4.39 Å². The lowest BCUT2D eigenvalue weighted by Gasteiger charge is -2.23. The first-order chi connectivity index (χ1) is 21.3. The molecule has 2 aliphatic heterocycles. The average Bonchev–Trinajstić information content (AvgIpc) is 3.54. The molecule has 224 valence electrons. The van der Waals surface area contributed by atoms with E-state index in [1.807, 2.05) is 42.0 Å². The van der Waals surface area contributed by atoms with Crippen molar-refractivity contribution in [1.82, 2.24) is 29.2 Å². The summed E-state index contributed by atoms with van der Waals surface area (Å²) in [5.74, 6) is 0.568. The number of carbonyl (C=O) groups is 1. The number of benzene rings is 2. The molecule has 0 bridgehead atoms. The van der Waals surface area contributed by atoms with E-state index < -0.39 is 17.6 Å². The molecule has 0 unspecified atom stereocenters. The number of pyridine rings is 1. The summed E-state index contributed by atoms with van der Waals surface area (Å²) in [5, 5.41) is 14.4. The zero-order chi connectivity index (χ0) is 30.2. The smallest absolute Gasteiger partial charge is 0.335 e. The van der Waals surface area contributed by atoms with Gasteiger partial charge in [0, 0.05) is 50.7 Å². The Morgan fingerprint density at radius 2 is 1.98 bits per heavy atom. The van der Waals surface area contributed by atoms with Gasteiger partial charge in [0.15, 0.2) is 17.3 Å². The van der Waals surface area contributed by atoms with Gasteiger partial charge in [0.2, 0.25) is 0 Å². The predicted octanol–water partition coefficient (Wildman–Crippen LogP) is 5.31. The second-order valence-corrected chi connectivity index (χ2v) is 12.2. The van der Waals surface area contributed by atoms with Crippen LogP contribution in [0.15, 0.2) is 67.1 Å². The molecule has 12 heteroatoms. The van der Waals surface area contributed by atoms with Crippen molar-refractivity contribution in [1.29, 1.82) is 0 Å². The second-order valence-electron chi connectivity index (χ2n) is 11.8. The van der Waals surface area contributed by atoms with Gasteiger partial charge in [-0.05, 0) is 54.2 Å². The number of fused-ring (bicyclic) bond motifs is 3. The molecule has 44 heavy (non-hydrogen) atoms. The first-order valence-corrected chi connectivity index (χ1v) is 14.9. The van der Waals surface area contributed by atoms with E-state index >= 15 is 4.39 Å². The molecule has 5 heterocycles. The van der Waals surface area contributed by atoms with Crippen molar-refractivity contribution in [2.75, 3.05) is 13.1 Å². The molecule has 8 rings (SSSR count). The van der Waals surface area contributed by atoms with Crippen molar-refractivity contribution in [2.24, 2.45) is 11.8 Å². The average molecular weight is 615 g/mol. The van der Waals surface area contributed by atoms with Crippen LogP contribution in [0.3, 0.4) is 0 Å². The topological polar surface area (TPSA) is 108 Å². The van der Waals surface area contributed by atoms with E-state index in [0.29, 0.717) is 65.2 Å². The van der Waals surface area contributed by atoms with E-state index in [4.69, 9.17) is 21.1 Å². The van der Waals surface area contributed by atoms with E-state index in [9.17, 15) is 9.90 Å². The van der Waals surface area contributed by atoms with Crippen molar-refractivity contribution in [3.05, 3.63) is 101 Å². The number of hydrogen-bond donors (Lipinski definition) is 1. The van der Waals surface area contributed by atoms with Crippen LogP contribution in [-0.4, -0.2) is 53.4 Å². The first kappa shape index (κ1) is 27.1. The quantitative estimate of drug-likeness (QED) is 0.251. The summed E-state index contributed by atoms with van der Waals surface area (Å²) in [6, 6.07) is 14.0. The number of carboxylic acids is 1. The third kappa shape index (κ3) is 4.49. The monoisotopic (exact) mass is 614 g/mol. The lowest BCUT2D eigenvalue weighted by atomic mass is 10.0. The summed E-state index contributed by atoms with van der Waals surface area (Å²) in [7, 11) is 0. The molecule has 1 aliphatic carbocycles. The van der Waals surface area contributed by atoms with Gasteiger partial charge in [-0.15, -0.1) is 0 Å². The summed E-state index contributed by atoms with van der Waals surface area (Å²) < 4.78 is 31.5. The summed E-state index contributed by atoms with van der Waals surface area (Å²) >= 11 is 6.04. The number of nitrogens with zero attached hydrogens (tertiary/aromatic N) is 6. The molecule has 0 radical (unpaired) electrons. The van der Waals surface area contributed by atoms with E-state index in [2.05, 4.69) is 26.0 Å². The number of carboxylic acid groups (broad SMARTS) is 1. The van der Waals surface area contributed by atoms with Gasteiger partial charge in [-0.2, -0.15) is 5.10 Å². The Balaban J connectivity index is 1.01. The molecule has 1 N–H and O–H groups in total. The van der Waals surface area contributed by atoms with Crippen LogP contribution in [0.5, 0.6) is 11.5 Å². The minimum absolute atomic E-state index is 0.100. The van der Waals surface area contributed by atoms with Crippen molar-refractivity contribution >= 4 is 28.6 Å². The van der Waals surface area contributed by atoms with Crippen LogP contribution in [0, 0.1) is 17.7 Å². The Labute approximate surface area is 256 Å². The minimum Gasteiger partial charge on any atom is -0.478 e. The third-order valence-electron chi connectivity index (χ3n) is 9.04. The number of likely N-dealkylation sites (tertiary alicyclic amines) is 1. The van der Waals surface area contributed by atoms with Crippen LogP contribution in [0.1, 0.15) is 40.3 Å². The Bertz CT molecular complexity index is 1900. The molecule has 2 aromatic carbocycles. The minimum atomic E-state index is -1.18. The Morgan fingerprint density at radius 3 is 2.70 bits per heavy atom. The van der Waals surface area contributed by atoms with E-state index in [0.717, 1.165) is 30.5 Å². The number of halogens is 2. The lowest BCUT2D eigenvalue weighted by Crippen LogP contribution is -2.32. The highest BCUT2D eigenvalue weighted by atomic mass is 35.5. The zero-order valence-corrected chi connectivity index (χ0v) is 24.5. The van der Waals surface area contributed by atoms with Gasteiger partial charge in [-0.3, -0.25) is 14.6 Å². The van der Waals surface area contributed by atoms with Crippen molar-refractivity contribution in [3.8, 4) is 11.5 Å². The number of hydrogen-bond acceptors (Lipinski definition) is 7. The molecule has 2 fully saturated rings. The normalized spacial score (nSPS) is 23.8. The Morgan fingerprint density at radius 1 is 1.14 bits per heavy atom. The highest BCUT2D eigenvalue weighted by Gasteiger charge is 2.58. The van der Waals surface area contributed by atoms with Crippen LogP contribution in [0.2, 0.25) is 5.02 Å². The van der Waals surface area contributed by atoms with Gasteiger partial charge >= 0.3 is 5.97 Å². The van der Waals surface area contributed by atoms with Crippen LogP contribution >= 0.6 is 11.6 Å². The van der Waals surface area contributed by atoms with Crippen molar-refractivity contribution in [3.63, 3.8) is 0 Å². The first-order valence-electron chi connectivity index (χ1n) is 14.5. The van der Waals surface area contributed by atoms with Gasteiger partial charge in [-0.1, -0.05) is 23.7 Å². The number of para-hydroxylation sites is 1. The summed E-state index contributed by atoms with van der Waals surface area (Å²) in [6.45, 7) is 5.14. The number of piperidine rings is 1. The number of aryl methyl sites for hydroxylation is 2. The standard InChI is InChI=1S/C32H28ClFN6O4/c1-32(26-7-6-19(33)14-35-26)43-25-5-2-4-20(30(25)44-32)28-21-15-38(16-22(21)28)17-27-37-29-23(34)12-18(31(41)42)13-24(29)40(27)11-10-39-9-3-8-36-39/h2-9,12-14,21-22,28H,10-11,15-17H2,1H3,(H,41,42)/t21-,22+,28+,32-/m1/s1.